The van der Waals surface area contributed by atoms with E-state index in [2.05, 4.69) is 35.9 Å². The van der Waals surface area contributed by atoms with Gasteiger partial charge in [-0.15, -0.1) is 0 Å². The fourth-order valence-electron chi connectivity index (χ4n) is 2.06. The summed E-state index contributed by atoms with van der Waals surface area (Å²) >= 11 is 0. The number of hydrogen-bond acceptors (Lipinski definition) is 2. The highest BCUT2D eigenvalue weighted by molar-refractivity contribution is 5.40. The zero-order valence-corrected chi connectivity index (χ0v) is 9.74. The van der Waals surface area contributed by atoms with Crippen molar-refractivity contribution in [1.29, 1.82) is 0 Å². The number of hydrogen-bond donors (Lipinski definition) is 0. The van der Waals surface area contributed by atoms with Crippen LogP contribution in [-0.2, 0) is 0 Å². The van der Waals surface area contributed by atoms with Gasteiger partial charge in [-0.2, -0.15) is 0 Å². The third kappa shape index (κ3) is 2.31. The third-order valence-electron chi connectivity index (χ3n) is 3.38. The van der Waals surface area contributed by atoms with Crippen molar-refractivity contribution in [2.45, 2.75) is 39.0 Å². The fourth-order valence-corrected chi connectivity index (χ4v) is 2.06. The highest BCUT2D eigenvalue weighted by atomic mass is 15.2. The second-order valence-corrected chi connectivity index (χ2v) is 4.45. The molecule has 1 fully saturated rings. The molecule has 1 aromatic rings. The minimum atomic E-state index is 0.630. The summed E-state index contributed by atoms with van der Waals surface area (Å²) in [6.07, 6.45) is 5.86. The Balaban J connectivity index is 2.09. The first kappa shape index (κ1) is 10.5. The Kier molecular flexibility index (Phi) is 3.24. The topological polar surface area (TPSA) is 16.1 Å². The van der Waals surface area contributed by atoms with Crippen molar-refractivity contribution in [3.63, 3.8) is 0 Å². The van der Waals surface area contributed by atoms with Crippen molar-refractivity contribution >= 4 is 5.82 Å². The molecule has 0 amide bonds. The molecule has 1 aliphatic rings. The second-order valence-electron chi connectivity index (χ2n) is 4.45. The average molecular weight is 204 g/mol. The summed E-state index contributed by atoms with van der Waals surface area (Å²) in [5, 5.41) is 0. The summed E-state index contributed by atoms with van der Waals surface area (Å²) in [6, 6.07) is 4.40. The molecule has 0 saturated carbocycles. The summed E-state index contributed by atoms with van der Waals surface area (Å²) < 4.78 is 0. The molecule has 0 radical (unpaired) electrons. The monoisotopic (exact) mass is 204 g/mol. The van der Waals surface area contributed by atoms with Crippen molar-refractivity contribution in [3.8, 4) is 0 Å². The summed E-state index contributed by atoms with van der Waals surface area (Å²) in [6.45, 7) is 6.83. The van der Waals surface area contributed by atoms with E-state index in [-0.39, 0.29) is 0 Å². The maximum Gasteiger partial charge on any atom is 0.128 e. The van der Waals surface area contributed by atoms with Crippen LogP contribution in [-0.4, -0.2) is 18.1 Å². The van der Waals surface area contributed by atoms with E-state index in [0.29, 0.717) is 5.92 Å². The molecule has 2 heteroatoms. The minimum Gasteiger partial charge on any atom is -0.357 e. The molecule has 15 heavy (non-hydrogen) atoms. The first-order chi connectivity index (χ1) is 7.31. The van der Waals surface area contributed by atoms with E-state index in [4.69, 9.17) is 0 Å². The van der Waals surface area contributed by atoms with Gasteiger partial charge in [0.25, 0.3) is 0 Å². The average Bonchev–Trinajstić information content (AvgIpc) is 2.82. The largest absolute Gasteiger partial charge is 0.357 e. The van der Waals surface area contributed by atoms with Crippen LogP contribution in [0.2, 0.25) is 0 Å². The number of anilines is 1. The molecule has 2 rings (SSSR count). The molecule has 1 aromatic heterocycles. The molecule has 2 heterocycles. The molecule has 0 N–H and O–H groups in total. The van der Waals surface area contributed by atoms with Gasteiger partial charge in [-0.3, -0.25) is 0 Å². The fraction of sp³-hybridized carbons (Fsp3) is 0.615. The van der Waals surface area contributed by atoms with Gasteiger partial charge in [0.1, 0.15) is 5.82 Å². The van der Waals surface area contributed by atoms with Gasteiger partial charge in [0.2, 0.25) is 0 Å². The Morgan fingerprint density at radius 1 is 1.33 bits per heavy atom. The van der Waals surface area contributed by atoms with Crippen LogP contribution in [0.3, 0.4) is 0 Å². The van der Waals surface area contributed by atoms with Gasteiger partial charge in [-0.1, -0.05) is 19.9 Å². The Morgan fingerprint density at radius 2 is 2.07 bits per heavy atom. The quantitative estimate of drug-likeness (QED) is 0.751. The molecule has 0 aromatic carbocycles. The molecular weight excluding hydrogens is 184 g/mol. The standard InChI is InChI=1S/C13H20N2/c1-3-11(2)12-6-7-13(14-10-12)15-8-4-5-9-15/h6-7,10-11H,3-5,8-9H2,1-2H3. The maximum absolute atomic E-state index is 4.56. The van der Waals surface area contributed by atoms with Crippen molar-refractivity contribution in [3.05, 3.63) is 23.9 Å². The SMILES string of the molecule is CCC(C)c1ccc(N2CCCC2)nc1. The Labute approximate surface area is 92.3 Å². The summed E-state index contributed by atoms with van der Waals surface area (Å²) in [5.74, 6) is 1.78. The van der Waals surface area contributed by atoms with E-state index in [1.807, 2.05) is 6.20 Å². The van der Waals surface area contributed by atoms with Crippen LogP contribution in [0.25, 0.3) is 0 Å². The lowest BCUT2D eigenvalue weighted by Crippen LogP contribution is -2.18. The molecule has 1 aliphatic heterocycles. The van der Waals surface area contributed by atoms with E-state index in [1.54, 1.807) is 0 Å². The molecule has 2 nitrogen and oxygen atoms in total. The third-order valence-corrected chi connectivity index (χ3v) is 3.38. The highest BCUT2D eigenvalue weighted by Crippen LogP contribution is 2.22. The van der Waals surface area contributed by atoms with Crippen LogP contribution in [0.4, 0.5) is 5.82 Å². The van der Waals surface area contributed by atoms with Gasteiger partial charge in [0, 0.05) is 19.3 Å². The Hall–Kier alpha value is -1.05. The zero-order chi connectivity index (χ0) is 10.7. The van der Waals surface area contributed by atoms with Gasteiger partial charge in [0.05, 0.1) is 0 Å². The smallest absolute Gasteiger partial charge is 0.128 e. The van der Waals surface area contributed by atoms with Crippen molar-refractivity contribution < 1.29 is 0 Å². The Morgan fingerprint density at radius 3 is 2.60 bits per heavy atom. The maximum atomic E-state index is 4.56. The van der Waals surface area contributed by atoms with Gasteiger partial charge in [0.15, 0.2) is 0 Å². The van der Waals surface area contributed by atoms with Crippen molar-refractivity contribution in [2.75, 3.05) is 18.0 Å². The molecule has 0 spiro atoms. The van der Waals surface area contributed by atoms with Crippen LogP contribution in [0, 0.1) is 0 Å². The summed E-state index contributed by atoms with van der Waals surface area (Å²) in [7, 11) is 0. The van der Waals surface area contributed by atoms with E-state index in [1.165, 1.54) is 37.9 Å². The number of nitrogens with zero attached hydrogens (tertiary/aromatic N) is 2. The van der Waals surface area contributed by atoms with Crippen LogP contribution in [0.1, 0.15) is 44.6 Å². The minimum absolute atomic E-state index is 0.630. The van der Waals surface area contributed by atoms with E-state index < -0.39 is 0 Å². The van der Waals surface area contributed by atoms with Gasteiger partial charge in [-0.25, -0.2) is 4.98 Å². The number of pyridine rings is 1. The molecule has 82 valence electrons. The summed E-state index contributed by atoms with van der Waals surface area (Å²) in [4.78, 5) is 6.93. The highest BCUT2D eigenvalue weighted by Gasteiger charge is 2.13. The molecule has 1 saturated heterocycles. The van der Waals surface area contributed by atoms with E-state index >= 15 is 0 Å². The normalized spacial score (nSPS) is 18.1. The second kappa shape index (κ2) is 4.65. The van der Waals surface area contributed by atoms with Crippen LogP contribution in [0.5, 0.6) is 0 Å². The molecule has 1 unspecified atom stereocenters. The lowest BCUT2D eigenvalue weighted by atomic mass is 10.0. The zero-order valence-electron chi connectivity index (χ0n) is 9.74. The first-order valence-corrected chi connectivity index (χ1v) is 6.02. The predicted octanol–water partition coefficient (Wildman–Crippen LogP) is 3.20. The lowest BCUT2D eigenvalue weighted by molar-refractivity contribution is 0.729. The van der Waals surface area contributed by atoms with Crippen LogP contribution >= 0.6 is 0 Å². The molecule has 0 bridgehead atoms. The lowest BCUT2D eigenvalue weighted by Gasteiger charge is -2.17. The van der Waals surface area contributed by atoms with Gasteiger partial charge in [-0.05, 0) is 36.8 Å². The Bertz CT molecular complexity index is 299. The molecule has 1 atom stereocenters. The van der Waals surface area contributed by atoms with Crippen LogP contribution in [0.15, 0.2) is 18.3 Å². The van der Waals surface area contributed by atoms with Gasteiger partial charge >= 0.3 is 0 Å². The van der Waals surface area contributed by atoms with E-state index in [9.17, 15) is 0 Å². The predicted molar refractivity (Wildman–Crippen MR) is 64.4 cm³/mol. The number of rotatable bonds is 3. The molecule has 0 aliphatic carbocycles. The number of aromatic nitrogens is 1. The van der Waals surface area contributed by atoms with Crippen molar-refractivity contribution in [2.24, 2.45) is 0 Å². The van der Waals surface area contributed by atoms with Crippen molar-refractivity contribution in [1.82, 2.24) is 4.98 Å². The molecular formula is C13H20N2. The first-order valence-electron chi connectivity index (χ1n) is 6.02. The summed E-state index contributed by atoms with van der Waals surface area (Å²) in [5.41, 5.74) is 1.36. The van der Waals surface area contributed by atoms with E-state index in [0.717, 1.165) is 5.82 Å². The van der Waals surface area contributed by atoms with Crippen LogP contribution < -0.4 is 4.90 Å². The van der Waals surface area contributed by atoms with Gasteiger partial charge < -0.3 is 4.90 Å².